The molecule has 2 aliphatic heterocycles. The summed E-state index contributed by atoms with van der Waals surface area (Å²) in [6, 6.07) is 3.74. The number of primary amides is 1. The molecule has 2 heterocycles. The van der Waals surface area contributed by atoms with Crippen LogP contribution in [0.2, 0.25) is 0 Å². The van der Waals surface area contributed by atoms with Gasteiger partial charge in [-0.3, -0.25) is 19.2 Å². The Morgan fingerprint density at radius 3 is 2.85 bits per heavy atom. The molecule has 2 atom stereocenters. The average Bonchev–Trinajstić information content (AvgIpc) is 2.64. The number of amides is 3. The molecule has 8 nitrogen and oxygen atoms in total. The van der Waals surface area contributed by atoms with Crippen molar-refractivity contribution in [3.63, 3.8) is 0 Å². The number of rotatable bonds is 4. The highest BCUT2D eigenvalue weighted by atomic mass is 19.1. The Morgan fingerprint density at radius 2 is 2.11 bits per heavy atom. The number of likely N-dealkylation sites (tertiary alicyclic amines) is 1. The molecule has 1 aromatic rings. The van der Waals surface area contributed by atoms with Crippen LogP contribution in [-0.2, 0) is 23.9 Å². The molecule has 1 fully saturated rings. The fraction of sp³-hybridized carbons (Fsp3) is 0.444. The molecule has 0 unspecified atom stereocenters. The zero-order chi connectivity index (χ0) is 19.6. The summed E-state index contributed by atoms with van der Waals surface area (Å²) in [5.41, 5.74) is 5.96. The van der Waals surface area contributed by atoms with E-state index >= 15 is 0 Å². The molecule has 144 valence electrons. The number of ether oxygens (including phenoxy) is 1. The van der Waals surface area contributed by atoms with Crippen LogP contribution in [0.1, 0.15) is 30.7 Å². The Labute approximate surface area is 154 Å². The first-order valence-corrected chi connectivity index (χ1v) is 8.68. The third kappa shape index (κ3) is 4.24. The van der Waals surface area contributed by atoms with Gasteiger partial charge in [-0.2, -0.15) is 0 Å². The number of carbonyl (C=O) groups excluding carboxylic acids is 4. The predicted octanol–water partition coefficient (Wildman–Crippen LogP) is 0.519. The minimum Gasteiger partial charge on any atom is -0.455 e. The number of nitrogens with two attached hydrogens (primary N) is 1. The molecule has 27 heavy (non-hydrogen) atoms. The quantitative estimate of drug-likeness (QED) is 0.742. The second kappa shape index (κ2) is 7.73. The van der Waals surface area contributed by atoms with Crippen LogP contribution in [0.25, 0.3) is 0 Å². The Bertz CT molecular complexity index is 797. The molecule has 1 saturated heterocycles. The highest BCUT2D eigenvalue weighted by Crippen LogP contribution is 2.33. The van der Waals surface area contributed by atoms with Gasteiger partial charge in [-0.15, -0.1) is 0 Å². The summed E-state index contributed by atoms with van der Waals surface area (Å²) in [5, 5.41) is 2.51. The van der Waals surface area contributed by atoms with E-state index in [0.717, 1.165) is 6.07 Å². The van der Waals surface area contributed by atoms with E-state index in [-0.39, 0.29) is 18.7 Å². The summed E-state index contributed by atoms with van der Waals surface area (Å²) in [6.45, 7) is 0.187. The number of benzene rings is 1. The predicted molar refractivity (Wildman–Crippen MR) is 91.8 cm³/mol. The number of anilines is 1. The number of fused-ring (bicyclic) bond motifs is 1. The number of esters is 1. The molecule has 0 aliphatic carbocycles. The van der Waals surface area contributed by atoms with Crippen LogP contribution in [-0.4, -0.2) is 48.3 Å². The first-order valence-electron chi connectivity index (χ1n) is 8.68. The van der Waals surface area contributed by atoms with Crippen LogP contribution in [0.4, 0.5) is 10.1 Å². The average molecular weight is 377 g/mol. The molecular weight excluding hydrogens is 357 g/mol. The van der Waals surface area contributed by atoms with E-state index in [4.69, 9.17) is 10.5 Å². The summed E-state index contributed by atoms with van der Waals surface area (Å²) in [5.74, 6) is -3.87. The number of hydrogen-bond donors (Lipinski definition) is 2. The van der Waals surface area contributed by atoms with Crippen LogP contribution in [0.3, 0.4) is 0 Å². The summed E-state index contributed by atoms with van der Waals surface area (Å²) in [6.07, 6.45) is 1.14. The third-order valence-corrected chi connectivity index (χ3v) is 4.85. The standard InChI is InChI=1S/C18H20FN3O5/c19-11-3-4-12-13(7-15(23)21-14(12)6-11)18(26)27-9-16(24)22-5-1-2-10(8-22)17(20)25/h3-4,6,10,13H,1-2,5,7-9H2,(H2,20,25)(H,21,23)/t10-,13+/m0/s1. The second-order valence-electron chi connectivity index (χ2n) is 6.73. The summed E-state index contributed by atoms with van der Waals surface area (Å²) in [7, 11) is 0. The van der Waals surface area contributed by atoms with Crippen molar-refractivity contribution < 1.29 is 28.3 Å². The van der Waals surface area contributed by atoms with Crippen LogP contribution in [0.5, 0.6) is 0 Å². The Balaban J connectivity index is 1.62. The lowest BCUT2D eigenvalue weighted by Gasteiger charge is -2.31. The number of carbonyl (C=O) groups is 4. The van der Waals surface area contributed by atoms with Crippen LogP contribution in [0, 0.1) is 11.7 Å². The molecule has 0 radical (unpaired) electrons. The van der Waals surface area contributed by atoms with E-state index in [1.54, 1.807) is 0 Å². The molecule has 0 aromatic heterocycles. The fourth-order valence-electron chi connectivity index (χ4n) is 3.41. The Kier molecular flexibility index (Phi) is 5.38. The molecule has 0 saturated carbocycles. The Morgan fingerprint density at radius 1 is 1.33 bits per heavy atom. The van der Waals surface area contributed by atoms with Crippen molar-refractivity contribution in [1.29, 1.82) is 0 Å². The number of nitrogens with zero attached hydrogens (tertiary/aromatic N) is 1. The lowest BCUT2D eigenvalue weighted by atomic mass is 9.90. The van der Waals surface area contributed by atoms with Crippen LogP contribution in [0.15, 0.2) is 18.2 Å². The minimum atomic E-state index is -0.901. The zero-order valence-corrected chi connectivity index (χ0v) is 14.6. The number of halogens is 1. The maximum absolute atomic E-state index is 13.3. The van der Waals surface area contributed by atoms with E-state index in [0.29, 0.717) is 24.9 Å². The fourth-order valence-corrected chi connectivity index (χ4v) is 3.41. The van der Waals surface area contributed by atoms with Gasteiger partial charge in [0.25, 0.3) is 5.91 Å². The Hall–Kier alpha value is -2.97. The minimum absolute atomic E-state index is 0.140. The van der Waals surface area contributed by atoms with Gasteiger partial charge < -0.3 is 20.7 Å². The van der Waals surface area contributed by atoms with Crippen molar-refractivity contribution in [1.82, 2.24) is 4.90 Å². The highest BCUT2D eigenvalue weighted by molar-refractivity contribution is 6.00. The normalized spacial score (nSPS) is 21.8. The van der Waals surface area contributed by atoms with Crippen molar-refractivity contribution in [3.05, 3.63) is 29.6 Å². The number of piperidine rings is 1. The van der Waals surface area contributed by atoms with Crippen LogP contribution >= 0.6 is 0 Å². The lowest BCUT2D eigenvalue weighted by Crippen LogP contribution is -2.45. The van der Waals surface area contributed by atoms with Gasteiger partial charge in [-0.1, -0.05) is 6.07 Å². The van der Waals surface area contributed by atoms with Crippen molar-refractivity contribution in [3.8, 4) is 0 Å². The molecule has 2 aliphatic rings. The molecule has 9 heteroatoms. The van der Waals surface area contributed by atoms with Gasteiger partial charge in [0.2, 0.25) is 11.8 Å². The molecule has 0 spiro atoms. The highest BCUT2D eigenvalue weighted by Gasteiger charge is 2.33. The lowest BCUT2D eigenvalue weighted by molar-refractivity contribution is -0.155. The largest absolute Gasteiger partial charge is 0.455 e. The summed E-state index contributed by atoms with van der Waals surface area (Å²) >= 11 is 0. The van der Waals surface area contributed by atoms with Gasteiger partial charge in [-0.25, -0.2) is 4.39 Å². The smallest absolute Gasteiger partial charge is 0.314 e. The summed E-state index contributed by atoms with van der Waals surface area (Å²) in [4.78, 5) is 49.2. The van der Waals surface area contributed by atoms with E-state index < -0.39 is 48.0 Å². The van der Waals surface area contributed by atoms with Crippen molar-refractivity contribution in [2.75, 3.05) is 25.0 Å². The van der Waals surface area contributed by atoms with Crippen molar-refractivity contribution in [2.24, 2.45) is 11.7 Å². The van der Waals surface area contributed by atoms with Crippen LogP contribution < -0.4 is 11.1 Å². The molecule has 3 N–H and O–H groups in total. The van der Waals surface area contributed by atoms with Gasteiger partial charge in [-0.05, 0) is 30.5 Å². The van der Waals surface area contributed by atoms with E-state index in [1.165, 1.54) is 17.0 Å². The van der Waals surface area contributed by atoms with Gasteiger partial charge in [0, 0.05) is 25.2 Å². The van der Waals surface area contributed by atoms with Gasteiger partial charge in [0.05, 0.1) is 11.8 Å². The van der Waals surface area contributed by atoms with Gasteiger partial charge in [0.1, 0.15) is 5.82 Å². The summed E-state index contributed by atoms with van der Waals surface area (Å²) < 4.78 is 18.5. The van der Waals surface area contributed by atoms with Gasteiger partial charge >= 0.3 is 5.97 Å². The first-order chi connectivity index (χ1) is 12.8. The van der Waals surface area contributed by atoms with E-state index in [1.807, 2.05) is 0 Å². The SMILES string of the molecule is NC(=O)[C@H]1CCCN(C(=O)COC(=O)[C@@H]2CC(=O)Nc3cc(F)ccc32)C1. The number of nitrogens with one attached hydrogen (secondary N) is 1. The third-order valence-electron chi connectivity index (χ3n) is 4.85. The molecule has 0 bridgehead atoms. The molecule has 3 rings (SSSR count). The monoisotopic (exact) mass is 377 g/mol. The maximum Gasteiger partial charge on any atom is 0.314 e. The van der Waals surface area contributed by atoms with Crippen molar-refractivity contribution in [2.45, 2.75) is 25.2 Å². The van der Waals surface area contributed by atoms with Gasteiger partial charge in [0.15, 0.2) is 6.61 Å². The molecule has 1 aromatic carbocycles. The topological polar surface area (TPSA) is 119 Å². The molecule has 3 amide bonds. The number of hydrogen-bond acceptors (Lipinski definition) is 5. The molecular formula is C18H20FN3O5. The van der Waals surface area contributed by atoms with E-state index in [9.17, 15) is 23.6 Å². The first kappa shape index (κ1) is 18.8. The maximum atomic E-state index is 13.3. The van der Waals surface area contributed by atoms with E-state index in [2.05, 4.69) is 5.32 Å². The second-order valence-corrected chi connectivity index (χ2v) is 6.73. The zero-order valence-electron chi connectivity index (χ0n) is 14.6. The van der Waals surface area contributed by atoms with Crippen molar-refractivity contribution >= 4 is 29.4 Å².